The first-order chi connectivity index (χ1) is 6.00. The summed E-state index contributed by atoms with van der Waals surface area (Å²) in [5.74, 6) is 0. The molecule has 0 aromatic heterocycles. The van der Waals surface area contributed by atoms with Gasteiger partial charge < -0.3 is 12.8 Å². The molecule has 2 fully saturated rings. The van der Waals surface area contributed by atoms with Crippen molar-refractivity contribution < 1.29 is 20.4 Å². The Bertz CT molecular complexity index is 48.1. The van der Waals surface area contributed by atoms with Crippen molar-refractivity contribution >= 4 is 0 Å². The van der Waals surface area contributed by atoms with Crippen LogP contribution in [0.25, 0.3) is 0 Å². The largest absolute Gasteiger partial charge is 2.00 e. The molecule has 0 amide bonds. The van der Waals surface area contributed by atoms with Crippen LogP contribution >= 0.6 is 0 Å². The van der Waals surface area contributed by atoms with E-state index in [1.54, 1.807) is 0 Å². The van der Waals surface area contributed by atoms with E-state index in [-0.39, 0.29) is 20.4 Å². The molecule has 0 N–H and O–H groups in total. The number of hydrogen-bond donors (Lipinski definition) is 0. The molecule has 2 rings (SSSR count). The van der Waals surface area contributed by atoms with Crippen LogP contribution in [0.5, 0.6) is 0 Å². The minimum absolute atomic E-state index is 0. The summed E-state index contributed by atoms with van der Waals surface area (Å²) in [6.07, 6.45) is 19.0. The summed E-state index contributed by atoms with van der Waals surface area (Å²) in [6.45, 7) is 0. The zero-order chi connectivity index (χ0) is 8.49. The Morgan fingerprint density at radius 3 is 0.846 bits per heavy atom. The minimum atomic E-state index is 0. The van der Waals surface area contributed by atoms with Gasteiger partial charge in [-0.3, -0.25) is 0 Å². The molecule has 1 heteroatoms. The Hall–Kier alpha value is 0.662. The van der Waals surface area contributed by atoms with Crippen molar-refractivity contribution in [1.29, 1.82) is 0 Å². The molecule has 0 atom stereocenters. The molecule has 0 aliphatic heterocycles. The van der Waals surface area contributed by atoms with E-state index in [9.17, 15) is 0 Å². The van der Waals surface area contributed by atoms with E-state index in [0.29, 0.717) is 0 Å². The molecule has 0 radical (unpaired) electrons. The van der Waals surface area contributed by atoms with E-state index in [1.807, 2.05) is 0 Å². The van der Waals surface area contributed by atoms with Crippen molar-refractivity contribution in [3.05, 3.63) is 12.8 Å². The minimum Gasteiger partial charge on any atom is -0.328 e. The van der Waals surface area contributed by atoms with Crippen LogP contribution in [0.4, 0.5) is 0 Å². The van der Waals surface area contributed by atoms with Gasteiger partial charge in [-0.1, -0.05) is 38.5 Å². The van der Waals surface area contributed by atoms with E-state index < -0.39 is 0 Å². The summed E-state index contributed by atoms with van der Waals surface area (Å²) in [7, 11) is 0. The molecule has 0 spiro atoms. The van der Waals surface area contributed by atoms with Crippen LogP contribution in [0.2, 0.25) is 0 Å². The van der Waals surface area contributed by atoms with Crippen molar-refractivity contribution in [3.8, 4) is 0 Å². The van der Waals surface area contributed by atoms with Gasteiger partial charge in [0.25, 0.3) is 0 Å². The Morgan fingerprint density at radius 2 is 0.769 bits per heavy atom. The number of hydrogen-bond acceptors (Lipinski definition) is 0. The zero-order valence-corrected chi connectivity index (χ0v) is 10.1. The molecule has 0 heterocycles. The summed E-state index contributed by atoms with van der Waals surface area (Å²) >= 11 is 0. The first kappa shape index (κ1) is 13.7. The van der Waals surface area contributed by atoms with Gasteiger partial charge in [-0.2, -0.15) is 25.7 Å². The molecule has 0 bridgehead atoms. The topological polar surface area (TPSA) is 0 Å². The van der Waals surface area contributed by atoms with Crippen LogP contribution in [0.1, 0.15) is 64.2 Å². The van der Waals surface area contributed by atoms with Crippen LogP contribution in [-0.4, -0.2) is 0 Å². The monoisotopic (exact) mass is 272 g/mol. The van der Waals surface area contributed by atoms with Gasteiger partial charge in [0.1, 0.15) is 0 Å². The number of rotatable bonds is 0. The summed E-state index contributed by atoms with van der Waals surface area (Å²) in [5.41, 5.74) is 0. The predicted molar refractivity (Wildman–Crippen MR) is 54.8 cm³/mol. The summed E-state index contributed by atoms with van der Waals surface area (Å²) < 4.78 is 0. The van der Waals surface area contributed by atoms with E-state index in [0.717, 1.165) is 0 Å². The molecule has 0 nitrogen and oxygen atoms in total. The van der Waals surface area contributed by atoms with Gasteiger partial charge in [0.15, 0.2) is 0 Å². The molecule has 0 saturated heterocycles. The fourth-order valence-corrected chi connectivity index (χ4v) is 1.80. The molecule has 2 aliphatic carbocycles. The third kappa shape index (κ3) is 8.98. The molecule has 2 aliphatic rings. The quantitative estimate of drug-likeness (QED) is 0.455. The van der Waals surface area contributed by atoms with Crippen LogP contribution < -0.4 is 0 Å². The normalized spacial score (nSPS) is 22.2. The fraction of sp³-hybridized carbons (Fsp3) is 0.833. The van der Waals surface area contributed by atoms with Crippen molar-refractivity contribution in [2.24, 2.45) is 0 Å². The SMILES string of the molecule is [CH-]1CCCCC1.[CH-]1CCCCC1.[Pd+2]. The Kier molecular flexibility index (Phi) is 11.3. The van der Waals surface area contributed by atoms with Crippen LogP contribution in [0.3, 0.4) is 0 Å². The molecule has 80 valence electrons. The standard InChI is InChI=1S/2C6H11.Pd/c2*1-2-4-6-5-3-1;/h2*1H,2-6H2;/q2*-1;+2. The molecular weight excluding hydrogens is 251 g/mol. The van der Waals surface area contributed by atoms with Gasteiger partial charge in [-0.25, -0.2) is 0 Å². The van der Waals surface area contributed by atoms with Crippen LogP contribution in [0.15, 0.2) is 0 Å². The second-order valence-electron chi connectivity index (χ2n) is 3.85. The molecular formula is C12H22Pd. The second kappa shape index (κ2) is 10.7. The maximum atomic E-state index is 2.39. The van der Waals surface area contributed by atoms with E-state index in [4.69, 9.17) is 0 Å². The van der Waals surface area contributed by atoms with Crippen molar-refractivity contribution in [3.63, 3.8) is 0 Å². The van der Waals surface area contributed by atoms with Gasteiger partial charge in [0.05, 0.1) is 0 Å². The smallest absolute Gasteiger partial charge is 0.328 e. The Morgan fingerprint density at radius 1 is 0.462 bits per heavy atom. The van der Waals surface area contributed by atoms with Gasteiger partial charge >= 0.3 is 20.4 Å². The third-order valence-electron chi connectivity index (χ3n) is 2.63. The maximum absolute atomic E-state index is 2.39. The summed E-state index contributed by atoms with van der Waals surface area (Å²) in [6, 6.07) is 0. The molecule has 0 aromatic carbocycles. The summed E-state index contributed by atoms with van der Waals surface area (Å²) in [5, 5.41) is 0. The first-order valence-electron chi connectivity index (χ1n) is 5.63. The van der Waals surface area contributed by atoms with Crippen molar-refractivity contribution in [2.75, 3.05) is 0 Å². The third-order valence-corrected chi connectivity index (χ3v) is 2.63. The molecule has 0 unspecified atom stereocenters. The Balaban J connectivity index is 0.000000206. The maximum Gasteiger partial charge on any atom is 2.00 e. The second-order valence-corrected chi connectivity index (χ2v) is 3.85. The van der Waals surface area contributed by atoms with Crippen molar-refractivity contribution in [2.45, 2.75) is 64.2 Å². The molecule has 0 aromatic rings. The van der Waals surface area contributed by atoms with E-state index in [1.165, 1.54) is 64.2 Å². The zero-order valence-electron chi connectivity index (χ0n) is 8.54. The average Bonchev–Trinajstić information content (AvgIpc) is 2.24. The van der Waals surface area contributed by atoms with Crippen LogP contribution in [-0.2, 0) is 20.4 Å². The Labute approximate surface area is 97.5 Å². The van der Waals surface area contributed by atoms with Gasteiger partial charge in [-0.05, 0) is 0 Å². The van der Waals surface area contributed by atoms with Gasteiger partial charge in [0, 0.05) is 0 Å². The van der Waals surface area contributed by atoms with Crippen LogP contribution in [0, 0.1) is 12.8 Å². The fourth-order valence-electron chi connectivity index (χ4n) is 1.80. The predicted octanol–water partition coefficient (Wildman–Crippen LogP) is 4.31. The van der Waals surface area contributed by atoms with Gasteiger partial charge in [-0.15, -0.1) is 0 Å². The van der Waals surface area contributed by atoms with Crippen molar-refractivity contribution in [1.82, 2.24) is 0 Å². The first-order valence-corrected chi connectivity index (χ1v) is 5.63. The average molecular weight is 273 g/mol. The summed E-state index contributed by atoms with van der Waals surface area (Å²) in [4.78, 5) is 0. The van der Waals surface area contributed by atoms with E-state index >= 15 is 0 Å². The molecule has 2 saturated carbocycles. The molecule has 13 heavy (non-hydrogen) atoms. The van der Waals surface area contributed by atoms with Gasteiger partial charge in [0.2, 0.25) is 0 Å². The van der Waals surface area contributed by atoms with E-state index in [2.05, 4.69) is 12.8 Å².